The highest BCUT2D eigenvalue weighted by atomic mass is 127. The third-order valence-corrected chi connectivity index (χ3v) is 5.26. The molecule has 3 rings (SSSR count). The molecule has 0 unspecified atom stereocenters. The standard InChI is InChI=1S/C21H18BrFINO2/c1-26-20-11-15(12-25-18-8-6-17(23)7-9-18)10-19(24)21(20)27-13-14-2-4-16(22)5-3-14/h2-11,25H,12-13H2,1H3. The minimum Gasteiger partial charge on any atom is -0.493 e. The zero-order valence-electron chi connectivity index (χ0n) is 14.6. The van der Waals surface area contributed by atoms with E-state index in [1.54, 1.807) is 19.2 Å². The molecule has 0 aliphatic carbocycles. The number of nitrogens with one attached hydrogen (secondary N) is 1. The van der Waals surface area contributed by atoms with Gasteiger partial charge in [-0.1, -0.05) is 28.1 Å². The lowest BCUT2D eigenvalue weighted by Crippen LogP contribution is -2.03. The smallest absolute Gasteiger partial charge is 0.174 e. The zero-order valence-corrected chi connectivity index (χ0v) is 18.4. The Morgan fingerprint density at radius 3 is 2.37 bits per heavy atom. The van der Waals surface area contributed by atoms with Gasteiger partial charge in [-0.2, -0.15) is 0 Å². The highest BCUT2D eigenvalue weighted by Crippen LogP contribution is 2.35. The number of hydrogen-bond donors (Lipinski definition) is 1. The van der Waals surface area contributed by atoms with E-state index in [0.29, 0.717) is 18.9 Å². The van der Waals surface area contributed by atoms with Crippen LogP contribution in [-0.2, 0) is 13.2 Å². The van der Waals surface area contributed by atoms with Gasteiger partial charge in [-0.25, -0.2) is 4.39 Å². The van der Waals surface area contributed by atoms with Crippen LogP contribution in [-0.4, -0.2) is 7.11 Å². The second-order valence-corrected chi connectivity index (χ2v) is 7.96. The second kappa shape index (κ2) is 9.41. The maximum absolute atomic E-state index is 13.0. The molecule has 0 amide bonds. The summed E-state index contributed by atoms with van der Waals surface area (Å²) in [5.74, 6) is 1.17. The Kier molecular flexibility index (Phi) is 6.95. The summed E-state index contributed by atoms with van der Waals surface area (Å²) in [5.41, 5.74) is 3.00. The van der Waals surface area contributed by atoms with E-state index in [1.165, 1.54) is 12.1 Å². The molecule has 0 spiro atoms. The first-order valence-electron chi connectivity index (χ1n) is 8.28. The Bertz CT molecular complexity index is 901. The van der Waals surface area contributed by atoms with Crippen LogP contribution in [0.5, 0.6) is 11.5 Å². The third-order valence-electron chi connectivity index (χ3n) is 3.93. The minimum absolute atomic E-state index is 0.246. The third kappa shape index (κ3) is 5.59. The Hall–Kier alpha value is -1.80. The van der Waals surface area contributed by atoms with Crippen LogP contribution in [0.3, 0.4) is 0 Å². The highest BCUT2D eigenvalue weighted by Gasteiger charge is 2.12. The van der Waals surface area contributed by atoms with Crippen molar-refractivity contribution in [1.82, 2.24) is 0 Å². The van der Waals surface area contributed by atoms with Crippen LogP contribution in [0.4, 0.5) is 10.1 Å². The van der Waals surface area contributed by atoms with Crippen molar-refractivity contribution in [3.63, 3.8) is 0 Å². The van der Waals surface area contributed by atoms with Gasteiger partial charge in [0.25, 0.3) is 0 Å². The molecular weight excluding hydrogens is 524 g/mol. The molecule has 140 valence electrons. The number of hydrogen-bond acceptors (Lipinski definition) is 3. The van der Waals surface area contributed by atoms with Gasteiger partial charge in [-0.15, -0.1) is 0 Å². The number of benzene rings is 3. The number of ether oxygens (including phenoxy) is 2. The second-order valence-electron chi connectivity index (χ2n) is 5.88. The van der Waals surface area contributed by atoms with Crippen LogP contribution in [0.2, 0.25) is 0 Å². The summed E-state index contributed by atoms with van der Waals surface area (Å²) < 4.78 is 26.5. The van der Waals surface area contributed by atoms with Gasteiger partial charge < -0.3 is 14.8 Å². The largest absolute Gasteiger partial charge is 0.493 e. The summed E-state index contributed by atoms with van der Waals surface area (Å²) in [5, 5.41) is 3.28. The molecule has 0 aliphatic rings. The summed E-state index contributed by atoms with van der Waals surface area (Å²) in [6, 6.07) is 18.3. The molecule has 0 heterocycles. The zero-order chi connectivity index (χ0) is 19.2. The first kappa shape index (κ1) is 19.9. The van der Waals surface area contributed by atoms with Crippen molar-refractivity contribution >= 4 is 44.2 Å². The van der Waals surface area contributed by atoms with E-state index in [9.17, 15) is 4.39 Å². The van der Waals surface area contributed by atoms with E-state index in [0.717, 1.165) is 30.6 Å². The fraction of sp³-hybridized carbons (Fsp3) is 0.143. The van der Waals surface area contributed by atoms with Crippen molar-refractivity contribution in [1.29, 1.82) is 0 Å². The van der Waals surface area contributed by atoms with E-state index in [1.807, 2.05) is 30.3 Å². The van der Waals surface area contributed by atoms with Gasteiger partial charge in [-0.05, 0) is 82.2 Å². The first-order valence-corrected chi connectivity index (χ1v) is 10.2. The van der Waals surface area contributed by atoms with E-state index < -0.39 is 0 Å². The Labute approximate surface area is 180 Å². The maximum atomic E-state index is 13.0. The van der Waals surface area contributed by atoms with Gasteiger partial charge in [-0.3, -0.25) is 0 Å². The average Bonchev–Trinajstić information content (AvgIpc) is 2.67. The Balaban J connectivity index is 1.70. The molecule has 0 aromatic heterocycles. The molecule has 3 aromatic carbocycles. The van der Waals surface area contributed by atoms with Gasteiger partial charge in [0.1, 0.15) is 12.4 Å². The number of rotatable bonds is 7. The molecule has 0 bridgehead atoms. The monoisotopic (exact) mass is 541 g/mol. The van der Waals surface area contributed by atoms with Gasteiger partial charge >= 0.3 is 0 Å². The normalized spacial score (nSPS) is 10.5. The summed E-state index contributed by atoms with van der Waals surface area (Å²) >= 11 is 5.68. The molecule has 0 radical (unpaired) electrons. The summed E-state index contributed by atoms with van der Waals surface area (Å²) in [7, 11) is 1.63. The molecule has 3 aromatic rings. The summed E-state index contributed by atoms with van der Waals surface area (Å²) in [6.45, 7) is 1.07. The molecule has 1 N–H and O–H groups in total. The van der Waals surface area contributed by atoms with E-state index in [2.05, 4.69) is 49.9 Å². The number of halogens is 3. The molecule has 0 atom stereocenters. The Morgan fingerprint density at radius 2 is 1.70 bits per heavy atom. The molecule has 0 saturated heterocycles. The van der Waals surface area contributed by atoms with Crippen LogP contribution in [0.1, 0.15) is 11.1 Å². The lowest BCUT2D eigenvalue weighted by molar-refractivity contribution is 0.282. The van der Waals surface area contributed by atoms with Crippen molar-refractivity contribution < 1.29 is 13.9 Å². The van der Waals surface area contributed by atoms with Crippen molar-refractivity contribution in [3.8, 4) is 11.5 Å². The summed E-state index contributed by atoms with van der Waals surface area (Å²) in [4.78, 5) is 0. The van der Waals surface area contributed by atoms with Crippen LogP contribution < -0.4 is 14.8 Å². The predicted molar refractivity (Wildman–Crippen MR) is 118 cm³/mol. The lowest BCUT2D eigenvalue weighted by Gasteiger charge is -2.15. The maximum Gasteiger partial charge on any atom is 0.174 e. The highest BCUT2D eigenvalue weighted by molar-refractivity contribution is 14.1. The van der Waals surface area contributed by atoms with E-state index >= 15 is 0 Å². The molecule has 0 saturated carbocycles. The topological polar surface area (TPSA) is 30.5 Å². The van der Waals surface area contributed by atoms with Crippen molar-refractivity contribution in [2.24, 2.45) is 0 Å². The van der Waals surface area contributed by atoms with Crippen LogP contribution in [0, 0.1) is 9.39 Å². The molecule has 6 heteroatoms. The number of anilines is 1. The van der Waals surface area contributed by atoms with Gasteiger partial charge in [0.2, 0.25) is 0 Å². The molecule has 0 fully saturated rings. The van der Waals surface area contributed by atoms with Crippen LogP contribution in [0.25, 0.3) is 0 Å². The fourth-order valence-electron chi connectivity index (χ4n) is 2.52. The van der Waals surface area contributed by atoms with E-state index in [-0.39, 0.29) is 5.82 Å². The minimum atomic E-state index is -0.246. The van der Waals surface area contributed by atoms with Crippen LogP contribution >= 0.6 is 38.5 Å². The van der Waals surface area contributed by atoms with Gasteiger partial charge in [0.05, 0.1) is 10.7 Å². The van der Waals surface area contributed by atoms with Crippen molar-refractivity contribution in [2.75, 3.05) is 12.4 Å². The average molecular weight is 542 g/mol. The predicted octanol–water partition coefficient (Wildman–Crippen LogP) is 6.39. The SMILES string of the molecule is COc1cc(CNc2ccc(F)cc2)cc(I)c1OCc1ccc(Br)cc1. The molecular formula is C21H18BrFINO2. The lowest BCUT2D eigenvalue weighted by atomic mass is 10.2. The fourth-order valence-corrected chi connectivity index (χ4v) is 3.61. The van der Waals surface area contributed by atoms with Crippen molar-refractivity contribution in [3.05, 3.63) is 85.7 Å². The molecule has 0 aliphatic heterocycles. The van der Waals surface area contributed by atoms with E-state index in [4.69, 9.17) is 9.47 Å². The van der Waals surface area contributed by atoms with Gasteiger partial charge in [0.15, 0.2) is 11.5 Å². The van der Waals surface area contributed by atoms with Crippen LogP contribution in [0.15, 0.2) is 65.1 Å². The first-order chi connectivity index (χ1) is 13.0. The quantitative estimate of drug-likeness (QED) is 0.351. The van der Waals surface area contributed by atoms with Gasteiger partial charge in [0, 0.05) is 16.7 Å². The number of methoxy groups -OCH3 is 1. The molecule has 27 heavy (non-hydrogen) atoms. The molecule has 3 nitrogen and oxygen atoms in total. The van der Waals surface area contributed by atoms with Crippen molar-refractivity contribution in [2.45, 2.75) is 13.2 Å². The summed E-state index contributed by atoms with van der Waals surface area (Å²) in [6.07, 6.45) is 0. The Morgan fingerprint density at radius 1 is 1.00 bits per heavy atom.